The molecule has 0 atom stereocenters. The minimum absolute atomic E-state index is 0.430. The van der Waals surface area contributed by atoms with E-state index in [1.807, 2.05) is 17.5 Å². The van der Waals surface area contributed by atoms with E-state index in [0.29, 0.717) is 17.1 Å². The van der Waals surface area contributed by atoms with Crippen LogP contribution in [0.3, 0.4) is 0 Å². The Bertz CT molecular complexity index is 428. The van der Waals surface area contributed by atoms with Crippen molar-refractivity contribution in [3.63, 3.8) is 0 Å². The Kier molecular flexibility index (Phi) is 2.29. The molecule has 0 aliphatic carbocycles. The van der Waals surface area contributed by atoms with Crippen LogP contribution in [0.4, 0.5) is 4.39 Å². The lowest BCUT2D eigenvalue weighted by molar-refractivity contribution is 0.569. The number of aromatic nitrogens is 2. The normalized spacial score (nSPS) is 10.5. The number of rotatable bonds is 1. The van der Waals surface area contributed by atoms with Gasteiger partial charge >= 0.3 is 0 Å². The molecule has 2 aromatic rings. The van der Waals surface area contributed by atoms with Crippen molar-refractivity contribution in [1.29, 1.82) is 0 Å². The number of aryl methyl sites for hydroxylation is 1. The van der Waals surface area contributed by atoms with Crippen molar-refractivity contribution < 1.29 is 4.39 Å². The summed E-state index contributed by atoms with van der Waals surface area (Å²) in [5.41, 5.74) is 1.21. The van der Waals surface area contributed by atoms with Crippen molar-refractivity contribution in [2.75, 3.05) is 0 Å². The van der Waals surface area contributed by atoms with Gasteiger partial charge in [-0.25, -0.2) is 4.98 Å². The number of hydrogen-bond acceptors (Lipinski definition) is 3. The zero-order valence-electron chi connectivity index (χ0n) is 7.91. The number of nitrogens with zero attached hydrogens (tertiary/aromatic N) is 2. The Morgan fingerprint density at radius 1 is 1.29 bits per heavy atom. The molecular weight excluding hydrogens is 199 g/mol. The third-order valence-corrected chi connectivity index (χ3v) is 2.94. The Balaban J connectivity index is 2.57. The second kappa shape index (κ2) is 3.46. The molecule has 0 amide bonds. The third-order valence-electron chi connectivity index (χ3n) is 2.07. The maximum Gasteiger partial charge on any atom is 0.219 e. The molecule has 0 aliphatic rings. The SMILES string of the molecule is Cc1nc(-c2cccs2)nc(F)c1C. The van der Waals surface area contributed by atoms with E-state index >= 15 is 0 Å². The van der Waals surface area contributed by atoms with Gasteiger partial charge in [0, 0.05) is 11.3 Å². The van der Waals surface area contributed by atoms with E-state index in [4.69, 9.17) is 0 Å². The van der Waals surface area contributed by atoms with E-state index in [1.165, 1.54) is 11.3 Å². The summed E-state index contributed by atoms with van der Waals surface area (Å²) in [6, 6.07) is 3.78. The van der Waals surface area contributed by atoms with Crippen LogP contribution in [-0.2, 0) is 0 Å². The fraction of sp³-hybridized carbons (Fsp3) is 0.200. The van der Waals surface area contributed by atoms with Gasteiger partial charge in [-0.05, 0) is 25.3 Å². The summed E-state index contributed by atoms with van der Waals surface area (Å²) in [6.45, 7) is 3.47. The number of halogens is 1. The molecule has 0 spiro atoms. The smallest absolute Gasteiger partial charge is 0.219 e. The predicted octanol–water partition coefficient (Wildman–Crippen LogP) is 2.96. The molecule has 0 bridgehead atoms. The van der Waals surface area contributed by atoms with Crippen LogP contribution in [0, 0.1) is 19.8 Å². The maximum absolute atomic E-state index is 13.3. The summed E-state index contributed by atoms with van der Waals surface area (Å²) in [4.78, 5) is 8.94. The highest BCUT2D eigenvalue weighted by Crippen LogP contribution is 2.22. The van der Waals surface area contributed by atoms with E-state index in [2.05, 4.69) is 9.97 Å². The van der Waals surface area contributed by atoms with E-state index in [0.717, 1.165) is 4.88 Å². The summed E-state index contributed by atoms with van der Waals surface area (Å²) in [7, 11) is 0. The first kappa shape index (κ1) is 9.27. The molecule has 0 saturated carbocycles. The van der Waals surface area contributed by atoms with Gasteiger partial charge in [-0.3, -0.25) is 0 Å². The quantitative estimate of drug-likeness (QED) is 0.673. The summed E-state index contributed by atoms with van der Waals surface area (Å²) in [6.07, 6.45) is 0. The van der Waals surface area contributed by atoms with Crippen LogP contribution in [0.5, 0.6) is 0 Å². The van der Waals surface area contributed by atoms with Gasteiger partial charge < -0.3 is 0 Å². The number of hydrogen-bond donors (Lipinski definition) is 0. The van der Waals surface area contributed by atoms with Gasteiger partial charge in [0.1, 0.15) is 0 Å². The van der Waals surface area contributed by atoms with Crippen LogP contribution in [0.2, 0.25) is 0 Å². The molecule has 0 radical (unpaired) electrons. The number of thiophene rings is 1. The minimum Gasteiger partial charge on any atom is -0.232 e. The first-order valence-corrected chi connectivity index (χ1v) is 5.11. The second-order valence-electron chi connectivity index (χ2n) is 3.03. The van der Waals surface area contributed by atoms with Crippen LogP contribution >= 0.6 is 11.3 Å². The van der Waals surface area contributed by atoms with Crippen molar-refractivity contribution in [2.45, 2.75) is 13.8 Å². The van der Waals surface area contributed by atoms with Gasteiger partial charge in [0.05, 0.1) is 4.88 Å². The fourth-order valence-electron chi connectivity index (χ4n) is 1.11. The predicted molar refractivity (Wildman–Crippen MR) is 54.8 cm³/mol. The highest BCUT2D eigenvalue weighted by Gasteiger charge is 2.09. The lowest BCUT2D eigenvalue weighted by atomic mass is 10.2. The summed E-state index contributed by atoms with van der Waals surface area (Å²) >= 11 is 1.51. The molecule has 0 N–H and O–H groups in total. The molecule has 0 saturated heterocycles. The molecule has 2 nitrogen and oxygen atoms in total. The molecule has 0 aliphatic heterocycles. The molecule has 2 heterocycles. The first-order valence-electron chi connectivity index (χ1n) is 4.23. The first-order chi connectivity index (χ1) is 6.68. The van der Waals surface area contributed by atoms with Gasteiger partial charge in [-0.2, -0.15) is 9.37 Å². The second-order valence-corrected chi connectivity index (χ2v) is 3.97. The van der Waals surface area contributed by atoms with Gasteiger partial charge in [-0.1, -0.05) is 6.07 Å². The Hall–Kier alpha value is -1.29. The van der Waals surface area contributed by atoms with E-state index < -0.39 is 5.95 Å². The average Bonchev–Trinajstić information content (AvgIpc) is 2.66. The molecule has 0 aromatic carbocycles. The van der Waals surface area contributed by atoms with E-state index in [9.17, 15) is 4.39 Å². The van der Waals surface area contributed by atoms with Gasteiger partial charge in [-0.15, -0.1) is 11.3 Å². The van der Waals surface area contributed by atoms with E-state index in [-0.39, 0.29) is 0 Å². The van der Waals surface area contributed by atoms with Gasteiger partial charge in [0.25, 0.3) is 0 Å². The topological polar surface area (TPSA) is 25.8 Å². The van der Waals surface area contributed by atoms with Crippen LogP contribution in [0.15, 0.2) is 17.5 Å². The third kappa shape index (κ3) is 1.53. The van der Waals surface area contributed by atoms with Crippen LogP contribution in [0.25, 0.3) is 10.7 Å². The zero-order valence-corrected chi connectivity index (χ0v) is 8.73. The Morgan fingerprint density at radius 2 is 2.07 bits per heavy atom. The van der Waals surface area contributed by atoms with Crippen molar-refractivity contribution in [2.24, 2.45) is 0 Å². The van der Waals surface area contributed by atoms with Crippen molar-refractivity contribution >= 4 is 11.3 Å². The summed E-state index contributed by atoms with van der Waals surface area (Å²) in [5, 5.41) is 1.92. The van der Waals surface area contributed by atoms with Crippen molar-refractivity contribution in [3.8, 4) is 10.7 Å². The van der Waals surface area contributed by atoms with E-state index in [1.54, 1.807) is 13.8 Å². The van der Waals surface area contributed by atoms with Crippen molar-refractivity contribution in [3.05, 3.63) is 34.7 Å². The highest BCUT2D eigenvalue weighted by atomic mass is 32.1. The van der Waals surface area contributed by atoms with Crippen LogP contribution < -0.4 is 0 Å². The van der Waals surface area contributed by atoms with Crippen LogP contribution in [-0.4, -0.2) is 9.97 Å². The molecule has 0 fully saturated rings. The molecule has 2 rings (SSSR count). The minimum atomic E-state index is -0.430. The van der Waals surface area contributed by atoms with Crippen molar-refractivity contribution in [1.82, 2.24) is 9.97 Å². The van der Waals surface area contributed by atoms with Gasteiger partial charge in [0.15, 0.2) is 5.82 Å². The molecular formula is C10H9FN2S. The summed E-state index contributed by atoms with van der Waals surface area (Å²) in [5.74, 6) is 0.0431. The molecule has 2 aromatic heterocycles. The Morgan fingerprint density at radius 3 is 2.64 bits per heavy atom. The molecule has 72 valence electrons. The maximum atomic E-state index is 13.3. The fourth-order valence-corrected chi connectivity index (χ4v) is 1.77. The highest BCUT2D eigenvalue weighted by molar-refractivity contribution is 7.13. The molecule has 0 unspecified atom stereocenters. The zero-order chi connectivity index (χ0) is 10.1. The Labute approximate surface area is 85.5 Å². The largest absolute Gasteiger partial charge is 0.232 e. The lowest BCUT2D eigenvalue weighted by Crippen LogP contribution is -1.98. The molecule has 4 heteroatoms. The standard InChI is InChI=1S/C10H9FN2S/c1-6-7(2)12-10(13-9(6)11)8-4-3-5-14-8/h3-5H,1-2H3. The van der Waals surface area contributed by atoms with Gasteiger partial charge in [0.2, 0.25) is 5.95 Å². The monoisotopic (exact) mass is 208 g/mol. The lowest BCUT2D eigenvalue weighted by Gasteiger charge is -2.02. The summed E-state index contributed by atoms with van der Waals surface area (Å²) < 4.78 is 13.3. The van der Waals surface area contributed by atoms with Crippen LogP contribution in [0.1, 0.15) is 11.3 Å². The average molecular weight is 208 g/mol. The molecule has 14 heavy (non-hydrogen) atoms.